The quantitative estimate of drug-likeness (QED) is 0.647. The highest BCUT2D eigenvalue weighted by atomic mass is 32.1. The Labute approximate surface area is 168 Å². The van der Waals surface area contributed by atoms with Crippen LogP contribution in [0.4, 0.5) is 0 Å². The molecule has 28 heavy (non-hydrogen) atoms. The number of rotatable bonds is 5. The molecule has 1 N–H and O–H groups in total. The highest BCUT2D eigenvalue weighted by molar-refractivity contribution is 7.18. The summed E-state index contributed by atoms with van der Waals surface area (Å²) in [6.45, 7) is 8.06. The summed E-state index contributed by atoms with van der Waals surface area (Å²) in [6.07, 6.45) is 0. The lowest BCUT2D eigenvalue weighted by molar-refractivity contribution is -0.146. The Morgan fingerprint density at radius 2 is 1.79 bits per heavy atom. The van der Waals surface area contributed by atoms with Crippen LogP contribution in [-0.2, 0) is 21.6 Å². The summed E-state index contributed by atoms with van der Waals surface area (Å²) in [4.78, 5) is 29.0. The highest BCUT2D eigenvalue weighted by Gasteiger charge is 2.19. The van der Waals surface area contributed by atoms with Gasteiger partial charge in [-0.2, -0.15) is 0 Å². The topological polar surface area (TPSA) is 68.3 Å². The summed E-state index contributed by atoms with van der Waals surface area (Å²) in [6, 6.07) is 14.4. The van der Waals surface area contributed by atoms with Gasteiger partial charge in [-0.05, 0) is 42.2 Å². The van der Waals surface area contributed by atoms with Crippen molar-refractivity contribution in [2.75, 3.05) is 0 Å². The van der Waals surface area contributed by atoms with E-state index in [9.17, 15) is 9.59 Å². The highest BCUT2D eigenvalue weighted by Crippen LogP contribution is 2.23. The Hall–Kier alpha value is -2.73. The fourth-order valence-corrected chi connectivity index (χ4v) is 3.58. The Morgan fingerprint density at radius 1 is 1.11 bits per heavy atom. The second kappa shape index (κ2) is 8.10. The normalized spacial score (nSPS) is 12.6. The van der Waals surface area contributed by atoms with Gasteiger partial charge in [0.1, 0.15) is 17.7 Å². The van der Waals surface area contributed by atoms with E-state index >= 15 is 0 Å². The number of benzene rings is 2. The third kappa shape index (κ3) is 4.75. The van der Waals surface area contributed by atoms with Crippen molar-refractivity contribution in [1.29, 1.82) is 0 Å². The molecule has 0 aliphatic carbocycles. The maximum absolute atomic E-state index is 12.4. The molecule has 0 radical (unpaired) electrons. The number of hydrogen-bond donors (Lipinski definition) is 1. The molecular weight excluding hydrogens is 372 g/mol. The molecule has 0 spiro atoms. The lowest BCUT2D eigenvalue weighted by Gasteiger charge is -2.19. The average Bonchev–Trinajstić information content (AvgIpc) is 3.08. The van der Waals surface area contributed by atoms with E-state index in [2.05, 4.69) is 31.1 Å². The van der Waals surface area contributed by atoms with Gasteiger partial charge in [-0.1, -0.05) is 45.0 Å². The molecule has 0 aliphatic heterocycles. The van der Waals surface area contributed by atoms with Gasteiger partial charge in [-0.3, -0.25) is 4.79 Å². The molecule has 0 bridgehead atoms. The zero-order valence-electron chi connectivity index (χ0n) is 16.5. The first-order chi connectivity index (χ1) is 13.2. The number of amides is 1. The Bertz CT molecular complexity index is 954. The number of ether oxygens (including phenoxy) is 1. The van der Waals surface area contributed by atoms with Crippen LogP contribution < -0.4 is 5.32 Å². The van der Waals surface area contributed by atoms with Gasteiger partial charge in [0.15, 0.2) is 0 Å². The minimum Gasteiger partial charge on any atom is -0.457 e. The molecule has 6 heteroatoms. The average molecular weight is 397 g/mol. The number of hydrogen-bond acceptors (Lipinski definition) is 5. The van der Waals surface area contributed by atoms with Crippen molar-refractivity contribution < 1.29 is 14.3 Å². The molecule has 1 heterocycles. The third-order valence-electron chi connectivity index (χ3n) is 4.39. The van der Waals surface area contributed by atoms with Crippen molar-refractivity contribution in [3.8, 4) is 0 Å². The number of nitrogens with one attached hydrogen (secondary N) is 1. The Kier molecular flexibility index (Phi) is 5.79. The molecular formula is C22H24N2O3S. The van der Waals surface area contributed by atoms with Crippen molar-refractivity contribution in [3.05, 3.63) is 64.7 Å². The Morgan fingerprint density at radius 3 is 2.43 bits per heavy atom. The van der Waals surface area contributed by atoms with E-state index in [-0.39, 0.29) is 17.9 Å². The van der Waals surface area contributed by atoms with E-state index in [1.165, 1.54) is 11.3 Å². The standard InChI is InChI=1S/C22H24N2O3S/c1-14(23-20(25)15-9-11-16(12-10-15)22(2,3)4)21(26)27-13-19-24-17-7-5-6-8-18(17)28-19/h5-12,14H,13H2,1-4H3,(H,23,25)/t14-/m0/s1. The fourth-order valence-electron chi connectivity index (χ4n) is 2.70. The smallest absolute Gasteiger partial charge is 0.328 e. The molecule has 0 saturated carbocycles. The molecule has 146 valence electrons. The van der Waals surface area contributed by atoms with Crippen LogP contribution in [0.25, 0.3) is 10.2 Å². The lowest BCUT2D eigenvalue weighted by atomic mass is 9.86. The fraction of sp³-hybridized carbons (Fsp3) is 0.318. The summed E-state index contributed by atoms with van der Waals surface area (Å²) < 4.78 is 6.36. The van der Waals surface area contributed by atoms with E-state index in [1.54, 1.807) is 19.1 Å². The van der Waals surface area contributed by atoms with Crippen molar-refractivity contribution in [2.24, 2.45) is 0 Å². The number of carbonyl (C=O) groups excluding carboxylic acids is 2. The number of thiazole rings is 1. The van der Waals surface area contributed by atoms with Gasteiger partial charge in [0.2, 0.25) is 0 Å². The molecule has 2 aromatic carbocycles. The van der Waals surface area contributed by atoms with E-state index in [1.807, 2.05) is 36.4 Å². The summed E-state index contributed by atoms with van der Waals surface area (Å²) in [5.74, 6) is -0.788. The number of carbonyl (C=O) groups is 2. The van der Waals surface area contributed by atoms with Crippen LogP contribution in [0.5, 0.6) is 0 Å². The zero-order chi connectivity index (χ0) is 20.3. The number of nitrogens with zero attached hydrogens (tertiary/aromatic N) is 1. The van der Waals surface area contributed by atoms with Gasteiger partial charge in [-0.15, -0.1) is 11.3 Å². The second-order valence-corrected chi connectivity index (χ2v) is 8.82. The minimum absolute atomic E-state index is 0.0206. The SMILES string of the molecule is C[C@H](NC(=O)c1ccc(C(C)(C)C)cc1)C(=O)OCc1nc2ccccc2s1. The maximum Gasteiger partial charge on any atom is 0.328 e. The number of esters is 1. The summed E-state index contributed by atoms with van der Waals surface area (Å²) >= 11 is 1.49. The molecule has 1 atom stereocenters. The number of aromatic nitrogens is 1. The summed E-state index contributed by atoms with van der Waals surface area (Å²) in [7, 11) is 0. The molecule has 0 aliphatic rings. The van der Waals surface area contributed by atoms with Gasteiger partial charge in [0, 0.05) is 5.56 Å². The largest absolute Gasteiger partial charge is 0.457 e. The molecule has 0 fully saturated rings. The minimum atomic E-state index is -0.746. The van der Waals surface area contributed by atoms with Gasteiger partial charge >= 0.3 is 5.97 Å². The molecule has 5 nitrogen and oxygen atoms in total. The molecule has 1 amide bonds. The van der Waals surface area contributed by atoms with Crippen molar-refractivity contribution in [2.45, 2.75) is 45.8 Å². The van der Waals surface area contributed by atoms with Crippen LogP contribution in [0.3, 0.4) is 0 Å². The van der Waals surface area contributed by atoms with Crippen LogP contribution >= 0.6 is 11.3 Å². The first kappa shape index (κ1) is 20.0. The second-order valence-electron chi connectivity index (χ2n) is 7.71. The predicted octanol–water partition coefficient (Wildman–Crippen LogP) is 4.46. The number of para-hydroxylation sites is 1. The van der Waals surface area contributed by atoms with E-state index < -0.39 is 12.0 Å². The van der Waals surface area contributed by atoms with E-state index in [0.717, 1.165) is 20.8 Å². The van der Waals surface area contributed by atoms with E-state index in [0.29, 0.717) is 5.56 Å². The molecule has 0 unspecified atom stereocenters. The predicted molar refractivity (Wildman–Crippen MR) is 111 cm³/mol. The van der Waals surface area contributed by atoms with Crippen LogP contribution in [-0.4, -0.2) is 22.9 Å². The molecule has 0 saturated heterocycles. The van der Waals surface area contributed by atoms with Gasteiger partial charge in [0.25, 0.3) is 5.91 Å². The summed E-state index contributed by atoms with van der Waals surface area (Å²) in [5.41, 5.74) is 2.57. The molecule has 3 aromatic rings. The van der Waals surface area contributed by atoms with Gasteiger partial charge < -0.3 is 10.1 Å². The van der Waals surface area contributed by atoms with E-state index in [4.69, 9.17) is 4.74 Å². The van der Waals surface area contributed by atoms with Gasteiger partial charge in [0.05, 0.1) is 10.2 Å². The Balaban J connectivity index is 1.55. The maximum atomic E-state index is 12.4. The monoisotopic (exact) mass is 396 g/mol. The lowest BCUT2D eigenvalue weighted by Crippen LogP contribution is -2.39. The first-order valence-electron chi connectivity index (χ1n) is 9.16. The third-order valence-corrected chi connectivity index (χ3v) is 5.40. The van der Waals surface area contributed by atoms with Crippen molar-refractivity contribution >= 4 is 33.4 Å². The van der Waals surface area contributed by atoms with Crippen LogP contribution in [0.15, 0.2) is 48.5 Å². The first-order valence-corrected chi connectivity index (χ1v) is 9.98. The zero-order valence-corrected chi connectivity index (χ0v) is 17.3. The molecule has 3 rings (SSSR count). The van der Waals surface area contributed by atoms with Crippen LogP contribution in [0.1, 0.15) is 48.6 Å². The summed E-state index contributed by atoms with van der Waals surface area (Å²) in [5, 5.41) is 3.41. The van der Waals surface area contributed by atoms with Crippen LogP contribution in [0.2, 0.25) is 0 Å². The van der Waals surface area contributed by atoms with Crippen molar-refractivity contribution in [3.63, 3.8) is 0 Å². The number of fused-ring (bicyclic) bond motifs is 1. The molecule has 1 aromatic heterocycles. The van der Waals surface area contributed by atoms with Crippen LogP contribution in [0, 0.1) is 0 Å². The van der Waals surface area contributed by atoms with Crippen molar-refractivity contribution in [1.82, 2.24) is 10.3 Å². The van der Waals surface area contributed by atoms with Gasteiger partial charge in [-0.25, -0.2) is 9.78 Å².